The van der Waals surface area contributed by atoms with Gasteiger partial charge in [0, 0.05) is 0 Å². The Labute approximate surface area is 96.5 Å². The van der Waals surface area contributed by atoms with Gasteiger partial charge in [-0.15, -0.1) is 0 Å². The first kappa shape index (κ1) is 12.6. The van der Waals surface area contributed by atoms with E-state index in [2.05, 4.69) is 0 Å². The van der Waals surface area contributed by atoms with Gasteiger partial charge in [0.2, 0.25) is 5.76 Å². The Bertz CT molecular complexity index is 384. The fraction of sp³-hybridized carbons (Fsp3) is 0.400. The standard InChI is InChI=1S/C10H12O5S/c1-2-3-7(10(13)14)16-8-5-4-6(15-8)9(11)12/h4-5,7H,2-3H2,1H3,(H,11,12)(H,13,14). The number of aliphatic carboxylic acids is 1. The first-order valence-electron chi connectivity index (χ1n) is 4.77. The van der Waals surface area contributed by atoms with Crippen molar-refractivity contribution in [1.29, 1.82) is 0 Å². The summed E-state index contributed by atoms with van der Waals surface area (Å²) in [6.45, 7) is 1.89. The molecule has 1 aromatic heterocycles. The highest BCUT2D eigenvalue weighted by molar-refractivity contribution is 8.00. The van der Waals surface area contributed by atoms with Crippen LogP contribution in [0.4, 0.5) is 0 Å². The van der Waals surface area contributed by atoms with E-state index in [4.69, 9.17) is 14.6 Å². The maximum Gasteiger partial charge on any atom is 0.371 e. The summed E-state index contributed by atoms with van der Waals surface area (Å²) in [4.78, 5) is 21.4. The van der Waals surface area contributed by atoms with Crippen LogP contribution in [0.1, 0.15) is 30.3 Å². The lowest BCUT2D eigenvalue weighted by molar-refractivity contribution is -0.136. The van der Waals surface area contributed by atoms with E-state index in [-0.39, 0.29) is 5.76 Å². The maximum absolute atomic E-state index is 10.9. The third-order valence-electron chi connectivity index (χ3n) is 1.88. The van der Waals surface area contributed by atoms with E-state index in [0.717, 1.165) is 18.2 Å². The van der Waals surface area contributed by atoms with E-state index < -0.39 is 17.2 Å². The molecule has 0 saturated heterocycles. The minimum Gasteiger partial charge on any atom is -0.480 e. The fourth-order valence-corrected chi connectivity index (χ4v) is 2.15. The Morgan fingerprint density at radius 3 is 2.56 bits per heavy atom. The van der Waals surface area contributed by atoms with Crippen LogP contribution in [0.15, 0.2) is 21.6 Å². The van der Waals surface area contributed by atoms with Gasteiger partial charge in [-0.1, -0.05) is 25.1 Å². The molecule has 2 N–H and O–H groups in total. The third kappa shape index (κ3) is 3.30. The molecule has 0 radical (unpaired) electrons. The van der Waals surface area contributed by atoms with Crippen LogP contribution >= 0.6 is 11.8 Å². The zero-order valence-corrected chi connectivity index (χ0v) is 9.49. The van der Waals surface area contributed by atoms with Crippen LogP contribution < -0.4 is 0 Å². The predicted molar refractivity (Wildman–Crippen MR) is 57.9 cm³/mol. The second-order valence-electron chi connectivity index (χ2n) is 3.16. The molecule has 0 bridgehead atoms. The summed E-state index contributed by atoms with van der Waals surface area (Å²) in [5.41, 5.74) is 0. The normalized spacial score (nSPS) is 12.3. The van der Waals surface area contributed by atoms with Gasteiger partial charge in [0.05, 0.1) is 0 Å². The lowest BCUT2D eigenvalue weighted by atomic mass is 10.2. The fourth-order valence-electron chi connectivity index (χ4n) is 1.13. The van der Waals surface area contributed by atoms with Crippen LogP contribution in [0.3, 0.4) is 0 Å². The van der Waals surface area contributed by atoms with Gasteiger partial charge >= 0.3 is 11.9 Å². The van der Waals surface area contributed by atoms with Crippen molar-refractivity contribution in [3.05, 3.63) is 17.9 Å². The number of hydrogen-bond donors (Lipinski definition) is 2. The highest BCUT2D eigenvalue weighted by atomic mass is 32.2. The smallest absolute Gasteiger partial charge is 0.371 e. The van der Waals surface area contributed by atoms with Crippen molar-refractivity contribution in [3.8, 4) is 0 Å². The van der Waals surface area contributed by atoms with Crippen molar-refractivity contribution in [2.45, 2.75) is 30.1 Å². The Hall–Kier alpha value is -1.43. The minimum absolute atomic E-state index is 0.178. The second kappa shape index (κ2) is 5.60. The summed E-state index contributed by atoms with van der Waals surface area (Å²) in [6.07, 6.45) is 1.26. The molecule has 0 spiro atoms. The van der Waals surface area contributed by atoms with E-state index >= 15 is 0 Å². The molecule has 5 nitrogen and oxygen atoms in total. The number of thioether (sulfide) groups is 1. The molecule has 0 aromatic carbocycles. The van der Waals surface area contributed by atoms with E-state index in [0.29, 0.717) is 11.5 Å². The number of hydrogen-bond acceptors (Lipinski definition) is 4. The maximum atomic E-state index is 10.9. The molecule has 16 heavy (non-hydrogen) atoms. The Balaban J connectivity index is 2.69. The molecule has 1 aromatic rings. The van der Waals surface area contributed by atoms with Crippen molar-refractivity contribution in [2.75, 3.05) is 0 Å². The summed E-state index contributed by atoms with van der Waals surface area (Å²) >= 11 is 1.03. The summed E-state index contributed by atoms with van der Waals surface area (Å²) in [5, 5.41) is 17.2. The van der Waals surface area contributed by atoms with Crippen LogP contribution in [-0.4, -0.2) is 27.4 Å². The quantitative estimate of drug-likeness (QED) is 0.746. The van der Waals surface area contributed by atoms with Crippen molar-refractivity contribution in [1.82, 2.24) is 0 Å². The van der Waals surface area contributed by atoms with Crippen LogP contribution in [0.5, 0.6) is 0 Å². The number of rotatable bonds is 6. The molecule has 0 aliphatic rings. The van der Waals surface area contributed by atoms with Gasteiger partial charge in [-0.05, 0) is 18.6 Å². The van der Waals surface area contributed by atoms with Gasteiger partial charge < -0.3 is 14.6 Å². The van der Waals surface area contributed by atoms with Gasteiger partial charge in [-0.3, -0.25) is 4.79 Å². The largest absolute Gasteiger partial charge is 0.480 e. The SMILES string of the molecule is CCCC(Sc1ccc(C(=O)O)o1)C(=O)O. The van der Waals surface area contributed by atoms with Crippen molar-refractivity contribution in [3.63, 3.8) is 0 Å². The van der Waals surface area contributed by atoms with Crippen LogP contribution in [0, 0.1) is 0 Å². The predicted octanol–water partition coefficient (Wildman–Crippen LogP) is 2.32. The van der Waals surface area contributed by atoms with Gasteiger partial charge in [0.25, 0.3) is 0 Å². The molecule has 0 saturated carbocycles. The summed E-state index contributed by atoms with van der Waals surface area (Å²) in [6, 6.07) is 2.79. The molecule has 1 rings (SSSR count). The van der Waals surface area contributed by atoms with Crippen molar-refractivity contribution >= 4 is 23.7 Å². The zero-order chi connectivity index (χ0) is 12.1. The molecule has 0 amide bonds. The first-order chi connectivity index (χ1) is 7.54. The minimum atomic E-state index is -1.16. The molecular formula is C10H12O5S. The second-order valence-corrected chi connectivity index (χ2v) is 4.36. The summed E-state index contributed by atoms with van der Waals surface area (Å²) in [5.74, 6) is -2.25. The van der Waals surface area contributed by atoms with Crippen molar-refractivity contribution in [2.24, 2.45) is 0 Å². The molecular weight excluding hydrogens is 232 g/mol. The Kier molecular flexibility index (Phi) is 4.42. The van der Waals surface area contributed by atoms with E-state index in [9.17, 15) is 9.59 Å². The van der Waals surface area contributed by atoms with Gasteiger partial charge in [0.1, 0.15) is 5.25 Å². The monoisotopic (exact) mass is 244 g/mol. The zero-order valence-electron chi connectivity index (χ0n) is 8.67. The first-order valence-corrected chi connectivity index (χ1v) is 5.65. The molecule has 1 unspecified atom stereocenters. The molecule has 6 heteroatoms. The van der Waals surface area contributed by atoms with Gasteiger partial charge in [-0.2, -0.15) is 0 Å². The van der Waals surface area contributed by atoms with Gasteiger partial charge in [0.15, 0.2) is 5.09 Å². The highest BCUT2D eigenvalue weighted by Gasteiger charge is 2.20. The number of furan rings is 1. The van der Waals surface area contributed by atoms with E-state index in [1.165, 1.54) is 12.1 Å². The topological polar surface area (TPSA) is 87.7 Å². The van der Waals surface area contributed by atoms with E-state index in [1.807, 2.05) is 6.92 Å². The molecule has 0 aliphatic heterocycles. The summed E-state index contributed by atoms with van der Waals surface area (Å²) in [7, 11) is 0. The average Bonchev–Trinajstić information content (AvgIpc) is 2.65. The van der Waals surface area contributed by atoms with Crippen molar-refractivity contribution < 1.29 is 24.2 Å². The van der Waals surface area contributed by atoms with Crippen LogP contribution in [0.2, 0.25) is 0 Å². The number of aromatic carboxylic acids is 1. The number of carboxylic acids is 2. The number of carbonyl (C=O) groups is 2. The molecule has 1 heterocycles. The van der Waals surface area contributed by atoms with Crippen LogP contribution in [0.25, 0.3) is 0 Å². The number of carboxylic acid groups (broad SMARTS) is 2. The average molecular weight is 244 g/mol. The molecule has 0 fully saturated rings. The van der Waals surface area contributed by atoms with Crippen LogP contribution in [-0.2, 0) is 4.79 Å². The Morgan fingerprint density at radius 1 is 1.44 bits per heavy atom. The third-order valence-corrected chi connectivity index (χ3v) is 3.05. The lowest BCUT2D eigenvalue weighted by Gasteiger charge is -2.07. The molecule has 88 valence electrons. The van der Waals surface area contributed by atoms with Gasteiger partial charge in [-0.25, -0.2) is 4.79 Å². The molecule has 0 aliphatic carbocycles. The molecule has 1 atom stereocenters. The summed E-state index contributed by atoms with van der Waals surface area (Å²) < 4.78 is 4.97. The highest BCUT2D eigenvalue weighted by Crippen LogP contribution is 2.28. The lowest BCUT2D eigenvalue weighted by Crippen LogP contribution is -2.15. The van der Waals surface area contributed by atoms with E-state index in [1.54, 1.807) is 0 Å². The Morgan fingerprint density at radius 2 is 2.12 bits per heavy atom.